The fourth-order valence-corrected chi connectivity index (χ4v) is 1.71. The van der Waals surface area contributed by atoms with Crippen LogP contribution in [0.2, 0.25) is 0 Å². The Bertz CT molecular complexity index is 244. The molecule has 1 atom stereocenters. The molecule has 2 heterocycles. The lowest BCUT2D eigenvalue weighted by Crippen LogP contribution is -2.34. The molecule has 4 heteroatoms. The molecule has 0 aliphatic carbocycles. The highest BCUT2D eigenvalue weighted by molar-refractivity contribution is 6.06. The van der Waals surface area contributed by atoms with Crippen LogP contribution in [0, 0.1) is 5.92 Å². The summed E-state index contributed by atoms with van der Waals surface area (Å²) in [4.78, 5) is 15.5. The van der Waals surface area contributed by atoms with Gasteiger partial charge in [0.05, 0.1) is 0 Å². The first kappa shape index (κ1) is 8.69. The number of aliphatic imine (C=N–C) groups is 1. The molecule has 0 aromatic heterocycles. The van der Waals surface area contributed by atoms with Gasteiger partial charge in [0.2, 0.25) is 5.91 Å². The molecule has 0 aromatic rings. The molecule has 0 bridgehead atoms. The van der Waals surface area contributed by atoms with Crippen molar-refractivity contribution in [2.24, 2.45) is 10.9 Å². The van der Waals surface area contributed by atoms with Crippen molar-refractivity contribution < 1.29 is 9.53 Å². The van der Waals surface area contributed by atoms with E-state index in [9.17, 15) is 4.79 Å². The van der Waals surface area contributed by atoms with Gasteiger partial charge in [-0.15, -0.1) is 0 Å². The highest BCUT2D eigenvalue weighted by Gasteiger charge is 2.28. The standard InChI is InChI=1S/C9H14N2O2/c1-6-9(12)11-8(10-6)7-2-4-13-5-3-7/h6-7H,2-5H2,1H3,(H,10,11,12). The van der Waals surface area contributed by atoms with Gasteiger partial charge < -0.3 is 10.1 Å². The first-order valence-electron chi connectivity index (χ1n) is 4.73. The Morgan fingerprint density at radius 1 is 1.46 bits per heavy atom. The van der Waals surface area contributed by atoms with Crippen LogP contribution in [0.25, 0.3) is 0 Å². The lowest BCUT2D eigenvalue weighted by atomic mass is 9.99. The van der Waals surface area contributed by atoms with Gasteiger partial charge in [0, 0.05) is 19.1 Å². The smallest absolute Gasteiger partial charge is 0.249 e. The maximum Gasteiger partial charge on any atom is 0.249 e. The lowest BCUT2D eigenvalue weighted by molar-refractivity contribution is -0.119. The summed E-state index contributed by atoms with van der Waals surface area (Å²) in [5.41, 5.74) is 0. The molecule has 2 rings (SSSR count). The zero-order chi connectivity index (χ0) is 9.26. The summed E-state index contributed by atoms with van der Waals surface area (Å²) in [7, 11) is 0. The number of carbonyl (C=O) groups is 1. The van der Waals surface area contributed by atoms with Crippen molar-refractivity contribution in [1.82, 2.24) is 5.32 Å². The summed E-state index contributed by atoms with van der Waals surface area (Å²) in [5, 5.41) is 2.83. The van der Waals surface area contributed by atoms with Crippen molar-refractivity contribution in [3.63, 3.8) is 0 Å². The minimum absolute atomic E-state index is 0.0292. The average Bonchev–Trinajstić information content (AvgIpc) is 2.49. The zero-order valence-electron chi connectivity index (χ0n) is 7.75. The third kappa shape index (κ3) is 1.72. The third-order valence-corrected chi connectivity index (χ3v) is 2.57. The Morgan fingerprint density at radius 3 is 2.69 bits per heavy atom. The Labute approximate surface area is 77.4 Å². The second-order valence-electron chi connectivity index (χ2n) is 3.57. The van der Waals surface area contributed by atoms with E-state index in [-0.39, 0.29) is 11.9 Å². The lowest BCUT2D eigenvalue weighted by Gasteiger charge is -2.21. The largest absolute Gasteiger partial charge is 0.381 e. The normalized spacial score (nSPS) is 30.1. The Hall–Kier alpha value is -0.900. The monoisotopic (exact) mass is 182 g/mol. The minimum Gasteiger partial charge on any atom is -0.381 e. The molecule has 1 unspecified atom stereocenters. The van der Waals surface area contributed by atoms with Gasteiger partial charge in [-0.3, -0.25) is 9.79 Å². The number of nitrogens with one attached hydrogen (secondary N) is 1. The second-order valence-corrected chi connectivity index (χ2v) is 3.57. The van der Waals surface area contributed by atoms with Crippen LogP contribution >= 0.6 is 0 Å². The van der Waals surface area contributed by atoms with Crippen molar-refractivity contribution in [2.75, 3.05) is 13.2 Å². The van der Waals surface area contributed by atoms with E-state index in [1.165, 1.54) is 0 Å². The van der Waals surface area contributed by atoms with Gasteiger partial charge >= 0.3 is 0 Å². The summed E-state index contributed by atoms with van der Waals surface area (Å²) in [5.74, 6) is 1.31. The molecule has 2 aliphatic heterocycles. The van der Waals surface area contributed by atoms with E-state index in [1.54, 1.807) is 0 Å². The van der Waals surface area contributed by atoms with Crippen molar-refractivity contribution in [2.45, 2.75) is 25.8 Å². The minimum atomic E-state index is -0.196. The predicted octanol–water partition coefficient (Wildman–Crippen LogP) is 0.330. The van der Waals surface area contributed by atoms with Crippen molar-refractivity contribution in [3.8, 4) is 0 Å². The van der Waals surface area contributed by atoms with Crippen LogP contribution in [0.5, 0.6) is 0 Å². The zero-order valence-corrected chi connectivity index (χ0v) is 7.75. The fourth-order valence-electron chi connectivity index (χ4n) is 1.71. The first-order chi connectivity index (χ1) is 6.27. The van der Waals surface area contributed by atoms with Crippen LogP contribution < -0.4 is 5.32 Å². The number of nitrogens with zero attached hydrogens (tertiary/aromatic N) is 1. The molecule has 0 spiro atoms. The van der Waals surface area contributed by atoms with Crippen LogP contribution in [0.1, 0.15) is 19.8 Å². The average molecular weight is 182 g/mol. The van der Waals surface area contributed by atoms with Crippen LogP contribution in [0.4, 0.5) is 0 Å². The molecule has 0 saturated carbocycles. The van der Waals surface area contributed by atoms with E-state index >= 15 is 0 Å². The molecule has 1 amide bonds. The summed E-state index contributed by atoms with van der Waals surface area (Å²) >= 11 is 0. The van der Waals surface area contributed by atoms with Crippen LogP contribution in [0.15, 0.2) is 4.99 Å². The van der Waals surface area contributed by atoms with Crippen molar-refractivity contribution in [1.29, 1.82) is 0 Å². The number of amidine groups is 1. The van der Waals surface area contributed by atoms with Crippen molar-refractivity contribution >= 4 is 11.7 Å². The van der Waals surface area contributed by atoms with E-state index in [4.69, 9.17) is 4.74 Å². The molecular formula is C9H14N2O2. The molecular weight excluding hydrogens is 168 g/mol. The van der Waals surface area contributed by atoms with Gasteiger partial charge in [0.15, 0.2) is 0 Å². The van der Waals surface area contributed by atoms with Crippen LogP contribution in [0.3, 0.4) is 0 Å². The van der Waals surface area contributed by atoms with Crippen molar-refractivity contribution in [3.05, 3.63) is 0 Å². The highest BCUT2D eigenvalue weighted by atomic mass is 16.5. The number of hydrogen-bond donors (Lipinski definition) is 1. The molecule has 1 N–H and O–H groups in total. The summed E-state index contributed by atoms with van der Waals surface area (Å²) in [6.45, 7) is 3.39. The van der Waals surface area contributed by atoms with Gasteiger partial charge in [-0.2, -0.15) is 0 Å². The van der Waals surface area contributed by atoms with E-state index < -0.39 is 0 Å². The number of hydrogen-bond acceptors (Lipinski definition) is 3. The summed E-state index contributed by atoms with van der Waals surface area (Å²) < 4.78 is 5.25. The Balaban J connectivity index is 2.00. The second kappa shape index (κ2) is 3.46. The number of rotatable bonds is 1. The van der Waals surface area contributed by atoms with E-state index in [0.717, 1.165) is 31.9 Å². The number of amides is 1. The quantitative estimate of drug-likeness (QED) is 0.635. The predicted molar refractivity (Wildman–Crippen MR) is 48.6 cm³/mol. The van der Waals surface area contributed by atoms with Gasteiger partial charge in [-0.05, 0) is 19.8 Å². The maximum absolute atomic E-state index is 11.2. The Kier molecular flexibility index (Phi) is 2.31. The van der Waals surface area contributed by atoms with E-state index in [2.05, 4.69) is 10.3 Å². The van der Waals surface area contributed by atoms with Gasteiger partial charge in [0.25, 0.3) is 0 Å². The first-order valence-corrected chi connectivity index (χ1v) is 4.73. The SMILES string of the molecule is CC1N=C(C2CCOCC2)NC1=O. The number of ether oxygens (including phenoxy) is 1. The molecule has 2 aliphatic rings. The van der Waals surface area contributed by atoms with Crippen LogP contribution in [-0.4, -0.2) is 31.0 Å². The highest BCUT2D eigenvalue weighted by Crippen LogP contribution is 2.18. The van der Waals surface area contributed by atoms with E-state index in [1.807, 2.05) is 6.92 Å². The molecule has 1 saturated heterocycles. The van der Waals surface area contributed by atoms with E-state index in [0.29, 0.717) is 5.92 Å². The topological polar surface area (TPSA) is 50.7 Å². The van der Waals surface area contributed by atoms with Gasteiger partial charge in [-0.1, -0.05) is 0 Å². The summed E-state index contributed by atoms with van der Waals surface area (Å²) in [6.07, 6.45) is 1.96. The summed E-state index contributed by atoms with van der Waals surface area (Å²) in [6, 6.07) is -0.196. The molecule has 13 heavy (non-hydrogen) atoms. The van der Waals surface area contributed by atoms with Crippen LogP contribution in [-0.2, 0) is 9.53 Å². The Morgan fingerprint density at radius 2 is 2.15 bits per heavy atom. The molecule has 0 aromatic carbocycles. The molecule has 4 nitrogen and oxygen atoms in total. The fraction of sp³-hybridized carbons (Fsp3) is 0.778. The molecule has 72 valence electrons. The third-order valence-electron chi connectivity index (χ3n) is 2.57. The molecule has 0 radical (unpaired) electrons. The molecule has 1 fully saturated rings. The van der Waals surface area contributed by atoms with Gasteiger partial charge in [-0.25, -0.2) is 0 Å². The number of carbonyl (C=O) groups excluding carboxylic acids is 1. The maximum atomic E-state index is 11.2. The van der Waals surface area contributed by atoms with Gasteiger partial charge in [0.1, 0.15) is 11.9 Å².